The van der Waals surface area contributed by atoms with Gasteiger partial charge in [-0.3, -0.25) is 4.48 Å². The fourth-order valence-electron chi connectivity index (χ4n) is 1.51. The predicted octanol–water partition coefficient (Wildman–Crippen LogP) is 0.123. The third-order valence-electron chi connectivity index (χ3n) is 2.46. The second-order valence-corrected chi connectivity index (χ2v) is 5.56. The zero-order chi connectivity index (χ0) is 14.0. The van der Waals surface area contributed by atoms with Gasteiger partial charge in [0.2, 0.25) is 16.5 Å². The summed E-state index contributed by atoms with van der Waals surface area (Å²) in [5.41, 5.74) is 2.01. The van der Waals surface area contributed by atoms with Gasteiger partial charge in [0.15, 0.2) is 0 Å². The van der Waals surface area contributed by atoms with Crippen molar-refractivity contribution >= 4 is 40.5 Å². The molecule has 0 aliphatic heterocycles. The zero-order valence-corrected chi connectivity index (χ0v) is 13.5. The summed E-state index contributed by atoms with van der Waals surface area (Å²) in [5.74, 6) is 0.323. The summed E-state index contributed by atoms with van der Waals surface area (Å²) in [6.07, 6.45) is 0. The van der Waals surface area contributed by atoms with Gasteiger partial charge in [-0.15, -0.1) is 0 Å². The molecule has 108 valence electrons. The van der Waals surface area contributed by atoms with Crippen LogP contribution < -0.4 is 22.2 Å². The molecule has 0 atom stereocenters. The van der Waals surface area contributed by atoms with Gasteiger partial charge in [-0.2, -0.15) is 15.0 Å². The van der Waals surface area contributed by atoms with Crippen molar-refractivity contribution in [3.05, 3.63) is 34.8 Å². The van der Waals surface area contributed by atoms with Crippen LogP contribution in [0.3, 0.4) is 0 Å². The van der Waals surface area contributed by atoms with Crippen molar-refractivity contribution in [3.8, 4) is 0 Å². The van der Waals surface area contributed by atoms with E-state index in [1.807, 2.05) is 18.2 Å². The van der Waals surface area contributed by atoms with Crippen LogP contribution in [0.2, 0.25) is 10.6 Å². The molecule has 0 saturated carbocycles. The monoisotopic (exact) mass is 333 g/mol. The minimum absolute atomic E-state index is 0. The molecule has 0 spiro atoms. The highest BCUT2D eigenvalue weighted by atomic mass is 35.5. The SMILES string of the molecule is C[N+](C)(C)c1cccc(Nc2nc(Cl)nc(Cl)n2)c1.[Cl-]. The van der Waals surface area contributed by atoms with Gasteiger partial charge < -0.3 is 17.7 Å². The molecule has 0 amide bonds. The molecular weight excluding hydrogens is 321 g/mol. The van der Waals surface area contributed by atoms with Gasteiger partial charge >= 0.3 is 0 Å². The van der Waals surface area contributed by atoms with Crippen LogP contribution in [0.25, 0.3) is 0 Å². The van der Waals surface area contributed by atoms with Gasteiger partial charge in [-0.1, -0.05) is 6.07 Å². The molecule has 0 unspecified atom stereocenters. The number of nitrogens with one attached hydrogen (secondary N) is 1. The number of halogens is 3. The van der Waals surface area contributed by atoms with E-state index < -0.39 is 0 Å². The molecule has 8 heteroatoms. The molecule has 0 saturated heterocycles. The molecule has 0 aliphatic carbocycles. The van der Waals surface area contributed by atoms with E-state index in [0.717, 1.165) is 11.4 Å². The van der Waals surface area contributed by atoms with E-state index in [2.05, 4.69) is 47.5 Å². The lowest BCUT2D eigenvalue weighted by atomic mass is 10.2. The van der Waals surface area contributed by atoms with Crippen LogP contribution in [0.5, 0.6) is 0 Å². The van der Waals surface area contributed by atoms with Gasteiger partial charge in [0.05, 0.1) is 21.1 Å². The molecule has 0 bridgehead atoms. The summed E-state index contributed by atoms with van der Waals surface area (Å²) in [6.45, 7) is 0. The van der Waals surface area contributed by atoms with E-state index >= 15 is 0 Å². The second-order valence-electron chi connectivity index (χ2n) is 4.88. The zero-order valence-electron chi connectivity index (χ0n) is 11.2. The summed E-state index contributed by atoms with van der Waals surface area (Å²) < 4.78 is 0.717. The first-order valence-electron chi connectivity index (χ1n) is 5.61. The summed E-state index contributed by atoms with van der Waals surface area (Å²) in [4.78, 5) is 11.6. The van der Waals surface area contributed by atoms with Gasteiger partial charge in [0.1, 0.15) is 5.69 Å². The van der Waals surface area contributed by atoms with Crippen LogP contribution in [-0.4, -0.2) is 36.1 Å². The normalized spacial score (nSPS) is 10.8. The van der Waals surface area contributed by atoms with Crippen LogP contribution in [0.15, 0.2) is 24.3 Å². The smallest absolute Gasteiger partial charge is 0.232 e. The average molecular weight is 335 g/mol. The average Bonchev–Trinajstić information content (AvgIpc) is 2.26. The van der Waals surface area contributed by atoms with Crippen LogP contribution >= 0.6 is 23.2 Å². The van der Waals surface area contributed by atoms with E-state index in [1.54, 1.807) is 0 Å². The molecule has 2 rings (SSSR count). The van der Waals surface area contributed by atoms with E-state index in [4.69, 9.17) is 23.2 Å². The Morgan fingerprint density at radius 2 is 1.60 bits per heavy atom. The van der Waals surface area contributed by atoms with E-state index in [0.29, 0.717) is 10.4 Å². The first kappa shape index (κ1) is 16.9. The second kappa shape index (κ2) is 6.54. The van der Waals surface area contributed by atoms with Crippen LogP contribution in [-0.2, 0) is 0 Å². The minimum Gasteiger partial charge on any atom is -1.00 e. The molecule has 1 aromatic heterocycles. The first-order chi connectivity index (χ1) is 8.84. The van der Waals surface area contributed by atoms with Crippen molar-refractivity contribution in [2.24, 2.45) is 0 Å². The highest BCUT2D eigenvalue weighted by Gasteiger charge is 2.12. The van der Waals surface area contributed by atoms with Gasteiger partial charge in [0.25, 0.3) is 0 Å². The molecule has 0 fully saturated rings. The molecule has 2 aromatic rings. The first-order valence-corrected chi connectivity index (χ1v) is 6.36. The number of anilines is 2. The lowest BCUT2D eigenvalue weighted by Gasteiger charge is -2.23. The largest absolute Gasteiger partial charge is 1.00 e. The van der Waals surface area contributed by atoms with Gasteiger partial charge in [0, 0.05) is 11.8 Å². The quantitative estimate of drug-likeness (QED) is 0.810. The molecule has 0 radical (unpaired) electrons. The lowest BCUT2D eigenvalue weighted by Crippen LogP contribution is -3.00. The number of hydrogen-bond donors (Lipinski definition) is 1. The van der Waals surface area contributed by atoms with Crippen LogP contribution in [0.1, 0.15) is 0 Å². The number of hydrogen-bond acceptors (Lipinski definition) is 4. The topological polar surface area (TPSA) is 50.7 Å². The van der Waals surface area contributed by atoms with Gasteiger partial charge in [-0.05, 0) is 35.3 Å². The Bertz CT molecular complexity index is 578. The maximum atomic E-state index is 5.73. The third kappa shape index (κ3) is 4.45. The Labute approximate surface area is 134 Å². The number of quaternary nitrogens is 1. The maximum absolute atomic E-state index is 5.73. The van der Waals surface area contributed by atoms with E-state index in [-0.39, 0.29) is 23.0 Å². The fraction of sp³-hybridized carbons (Fsp3) is 0.250. The van der Waals surface area contributed by atoms with Crippen molar-refractivity contribution in [1.82, 2.24) is 19.4 Å². The van der Waals surface area contributed by atoms with Gasteiger partial charge in [-0.25, -0.2) is 0 Å². The summed E-state index contributed by atoms with van der Waals surface area (Å²) >= 11 is 11.5. The minimum atomic E-state index is 0. The Kier molecular flexibility index (Phi) is 5.53. The third-order valence-corrected chi connectivity index (χ3v) is 2.80. The number of nitrogens with zero attached hydrogens (tertiary/aromatic N) is 4. The maximum Gasteiger partial charge on any atom is 0.232 e. The van der Waals surface area contributed by atoms with Crippen LogP contribution in [0, 0.1) is 0 Å². The van der Waals surface area contributed by atoms with E-state index in [9.17, 15) is 0 Å². The molecule has 1 aromatic carbocycles. The molecule has 5 nitrogen and oxygen atoms in total. The molecule has 0 aliphatic rings. The fourth-order valence-corrected chi connectivity index (χ4v) is 1.88. The summed E-state index contributed by atoms with van der Waals surface area (Å²) in [7, 11) is 6.28. The summed E-state index contributed by atoms with van der Waals surface area (Å²) in [6, 6.07) is 7.96. The Morgan fingerprint density at radius 1 is 1.00 bits per heavy atom. The van der Waals surface area contributed by atoms with Crippen molar-refractivity contribution < 1.29 is 12.4 Å². The van der Waals surface area contributed by atoms with E-state index in [1.165, 1.54) is 0 Å². The molecule has 1 N–H and O–H groups in total. The Balaban J connectivity index is 0.00000200. The lowest BCUT2D eigenvalue weighted by molar-refractivity contribution is -0.00000428. The Morgan fingerprint density at radius 3 is 2.15 bits per heavy atom. The van der Waals surface area contributed by atoms with Crippen molar-refractivity contribution in [2.45, 2.75) is 0 Å². The van der Waals surface area contributed by atoms with Crippen molar-refractivity contribution in [1.29, 1.82) is 0 Å². The number of rotatable bonds is 3. The standard InChI is InChI=1S/C12H14Cl2N5.ClH/c1-19(2,3)9-6-4-5-8(7-9)15-12-17-10(13)16-11(14)18-12;/h4-7H,1-3H3,(H,15,16,17,18);1H/q+1;/p-1. The highest BCUT2D eigenvalue weighted by Crippen LogP contribution is 2.23. The molecular formula is C12H14Cl3N5. The van der Waals surface area contributed by atoms with Crippen molar-refractivity contribution in [2.75, 3.05) is 26.5 Å². The highest BCUT2D eigenvalue weighted by molar-refractivity contribution is 6.31. The predicted molar refractivity (Wildman–Crippen MR) is 79.1 cm³/mol. The summed E-state index contributed by atoms with van der Waals surface area (Å²) in [5, 5.41) is 3.18. The number of aromatic nitrogens is 3. The molecule has 1 heterocycles. The van der Waals surface area contributed by atoms with Crippen molar-refractivity contribution in [3.63, 3.8) is 0 Å². The number of benzene rings is 1. The molecule has 20 heavy (non-hydrogen) atoms. The Hall–Kier alpha value is -1.14. The van der Waals surface area contributed by atoms with Crippen LogP contribution in [0.4, 0.5) is 17.3 Å².